The molecule has 11 heteroatoms. The van der Waals surface area contributed by atoms with Gasteiger partial charge in [0.2, 0.25) is 11.8 Å². The van der Waals surface area contributed by atoms with Gasteiger partial charge in [-0.05, 0) is 42.4 Å². The Kier molecular flexibility index (Phi) is 7.16. The van der Waals surface area contributed by atoms with Crippen LogP contribution < -0.4 is 15.5 Å². The molecule has 0 bridgehead atoms. The molecule has 2 aliphatic heterocycles. The number of carbonyl (C=O) groups is 3. The van der Waals surface area contributed by atoms with Crippen molar-refractivity contribution in [3.05, 3.63) is 35.0 Å². The number of aromatic nitrogens is 1. The summed E-state index contributed by atoms with van der Waals surface area (Å²) >= 11 is 9.32. The molecule has 3 heterocycles. The first kappa shape index (κ1) is 23.8. The third-order valence-electron chi connectivity index (χ3n) is 6.10. The number of nitrogens with zero attached hydrogens (tertiary/aromatic N) is 3. The van der Waals surface area contributed by atoms with E-state index in [4.69, 9.17) is 11.6 Å². The van der Waals surface area contributed by atoms with E-state index in [1.165, 1.54) is 11.3 Å². The van der Waals surface area contributed by atoms with E-state index in [1.54, 1.807) is 42.9 Å². The Labute approximate surface area is 206 Å². The van der Waals surface area contributed by atoms with Gasteiger partial charge in [-0.1, -0.05) is 22.9 Å². The minimum atomic E-state index is -0.308. The third-order valence-corrected chi connectivity index (χ3v) is 8.52. The van der Waals surface area contributed by atoms with Crippen molar-refractivity contribution in [3.8, 4) is 0 Å². The van der Waals surface area contributed by atoms with Gasteiger partial charge in [0.1, 0.15) is 0 Å². The van der Waals surface area contributed by atoms with Crippen molar-refractivity contribution < 1.29 is 14.4 Å². The van der Waals surface area contributed by atoms with E-state index in [0.717, 1.165) is 34.1 Å². The van der Waals surface area contributed by atoms with E-state index in [2.05, 4.69) is 15.6 Å². The fourth-order valence-electron chi connectivity index (χ4n) is 4.39. The number of hydrogen-bond acceptors (Lipinski definition) is 6. The highest BCUT2D eigenvalue weighted by Crippen LogP contribution is 2.47. The lowest BCUT2D eigenvalue weighted by atomic mass is 9.81. The number of rotatable bonds is 6. The van der Waals surface area contributed by atoms with Crippen LogP contribution in [0.25, 0.3) is 0 Å². The molecule has 1 unspecified atom stereocenters. The molecule has 1 atom stereocenters. The summed E-state index contributed by atoms with van der Waals surface area (Å²) in [7, 11) is 1.63. The zero-order valence-electron chi connectivity index (χ0n) is 18.5. The summed E-state index contributed by atoms with van der Waals surface area (Å²) in [5.41, 5.74) is 1.53. The lowest BCUT2D eigenvalue weighted by Gasteiger charge is -2.25. The SMILES string of the molecule is CNC(=O)CCCSc1cnc(NC(=O)N2CC3(CCN(C(C)=O)C3)c3cc(Cl)ccc32)s1. The van der Waals surface area contributed by atoms with Crippen LogP contribution in [0.15, 0.2) is 28.6 Å². The Morgan fingerprint density at radius 1 is 1.30 bits per heavy atom. The van der Waals surface area contributed by atoms with E-state index in [0.29, 0.717) is 36.2 Å². The summed E-state index contributed by atoms with van der Waals surface area (Å²) in [4.78, 5) is 44.4. The molecule has 0 radical (unpaired) electrons. The van der Waals surface area contributed by atoms with Crippen molar-refractivity contribution in [1.29, 1.82) is 0 Å². The Balaban J connectivity index is 1.43. The Hall–Kier alpha value is -2.30. The molecule has 2 aromatic rings. The van der Waals surface area contributed by atoms with Gasteiger partial charge in [0.25, 0.3) is 0 Å². The zero-order valence-corrected chi connectivity index (χ0v) is 20.9. The second-order valence-electron chi connectivity index (χ2n) is 8.26. The zero-order chi connectivity index (χ0) is 23.6. The molecule has 4 rings (SSSR count). The van der Waals surface area contributed by atoms with Crippen molar-refractivity contribution >= 4 is 63.4 Å². The first-order valence-corrected chi connectivity index (χ1v) is 12.9. The number of fused-ring (bicyclic) bond motifs is 2. The number of thiazole rings is 1. The molecule has 1 saturated heterocycles. The van der Waals surface area contributed by atoms with Gasteiger partial charge in [-0.2, -0.15) is 0 Å². The number of halogens is 1. The molecule has 1 fully saturated rings. The van der Waals surface area contributed by atoms with Crippen molar-refractivity contribution in [1.82, 2.24) is 15.2 Å². The summed E-state index contributed by atoms with van der Waals surface area (Å²) in [5, 5.41) is 6.69. The topological polar surface area (TPSA) is 94.6 Å². The number of amides is 4. The monoisotopic (exact) mass is 507 g/mol. The van der Waals surface area contributed by atoms with Gasteiger partial charge in [-0.15, -0.1) is 11.8 Å². The van der Waals surface area contributed by atoms with E-state index in [1.807, 2.05) is 17.0 Å². The number of thioether (sulfide) groups is 1. The van der Waals surface area contributed by atoms with Gasteiger partial charge in [0.05, 0.1) is 10.4 Å². The van der Waals surface area contributed by atoms with Crippen molar-refractivity contribution in [3.63, 3.8) is 0 Å². The van der Waals surface area contributed by atoms with Crippen LogP contribution in [-0.2, 0) is 15.0 Å². The number of likely N-dealkylation sites (tertiary alicyclic amines) is 1. The lowest BCUT2D eigenvalue weighted by Crippen LogP contribution is -2.41. The predicted molar refractivity (Wildman–Crippen MR) is 133 cm³/mol. The fraction of sp³-hybridized carbons (Fsp3) is 0.455. The average Bonchev–Trinajstić information content (AvgIpc) is 3.50. The minimum Gasteiger partial charge on any atom is -0.359 e. The summed E-state index contributed by atoms with van der Waals surface area (Å²) < 4.78 is 0.986. The van der Waals surface area contributed by atoms with Crippen LogP contribution in [0.5, 0.6) is 0 Å². The standard InChI is InChI=1S/C22H26ClN5O3S2/c1-14(29)27-8-7-22(12-27)13-28(17-6-5-15(23)10-16(17)22)21(31)26-20-25-11-19(33-20)32-9-3-4-18(30)24-2/h5-6,10-11H,3-4,7-9,12-13H2,1-2H3,(H,24,30)(H,25,26,31). The first-order chi connectivity index (χ1) is 15.8. The molecule has 1 aromatic heterocycles. The second-order valence-corrected chi connectivity index (χ2v) is 11.1. The van der Waals surface area contributed by atoms with E-state index < -0.39 is 0 Å². The van der Waals surface area contributed by atoms with Gasteiger partial charge >= 0.3 is 6.03 Å². The molecule has 176 valence electrons. The summed E-state index contributed by atoms with van der Waals surface area (Å²) in [6, 6.07) is 5.33. The fourth-order valence-corrected chi connectivity index (χ4v) is 6.44. The largest absolute Gasteiger partial charge is 0.359 e. The first-order valence-electron chi connectivity index (χ1n) is 10.7. The maximum atomic E-state index is 13.2. The van der Waals surface area contributed by atoms with Crippen LogP contribution in [0.3, 0.4) is 0 Å². The Morgan fingerprint density at radius 3 is 2.85 bits per heavy atom. The number of carbonyl (C=O) groups excluding carboxylic acids is 3. The van der Waals surface area contributed by atoms with E-state index in [9.17, 15) is 14.4 Å². The van der Waals surface area contributed by atoms with E-state index >= 15 is 0 Å². The van der Waals surface area contributed by atoms with Crippen LogP contribution in [-0.4, -0.2) is 60.2 Å². The molecule has 1 spiro atoms. The molecular formula is C22H26ClN5O3S2. The minimum absolute atomic E-state index is 0.0338. The maximum absolute atomic E-state index is 13.2. The lowest BCUT2D eigenvalue weighted by molar-refractivity contribution is -0.128. The number of urea groups is 1. The molecule has 2 N–H and O–H groups in total. The molecule has 0 saturated carbocycles. The molecule has 1 aromatic carbocycles. The molecule has 4 amide bonds. The molecule has 33 heavy (non-hydrogen) atoms. The molecule has 2 aliphatic rings. The van der Waals surface area contributed by atoms with Crippen molar-refractivity contribution in [2.75, 3.05) is 42.7 Å². The second kappa shape index (κ2) is 9.90. The van der Waals surface area contributed by atoms with Crippen LogP contribution in [0.2, 0.25) is 5.02 Å². The third kappa shape index (κ3) is 5.12. The molecular weight excluding hydrogens is 482 g/mol. The molecule has 0 aliphatic carbocycles. The van der Waals surface area contributed by atoms with Gasteiger partial charge in [0.15, 0.2) is 5.13 Å². The number of hydrogen-bond donors (Lipinski definition) is 2. The normalized spacial score (nSPS) is 19.1. The van der Waals surface area contributed by atoms with Gasteiger partial charge in [-0.25, -0.2) is 9.78 Å². The quantitative estimate of drug-likeness (QED) is 0.456. The summed E-state index contributed by atoms with van der Waals surface area (Å²) in [6.07, 6.45) is 3.80. The van der Waals surface area contributed by atoms with Gasteiger partial charge in [-0.3, -0.25) is 19.8 Å². The Morgan fingerprint density at radius 2 is 2.12 bits per heavy atom. The van der Waals surface area contributed by atoms with Crippen LogP contribution in [0.4, 0.5) is 15.6 Å². The number of benzene rings is 1. The maximum Gasteiger partial charge on any atom is 0.328 e. The highest BCUT2D eigenvalue weighted by atomic mass is 35.5. The highest BCUT2D eigenvalue weighted by molar-refractivity contribution is 8.01. The smallest absolute Gasteiger partial charge is 0.328 e. The van der Waals surface area contributed by atoms with Crippen LogP contribution in [0.1, 0.15) is 31.7 Å². The van der Waals surface area contributed by atoms with E-state index in [-0.39, 0.29) is 23.3 Å². The summed E-state index contributed by atoms with van der Waals surface area (Å²) in [5.74, 6) is 0.881. The Bertz CT molecular complexity index is 1080. The summed E-state index contributed by atoms with van der Waals surface area (Å²) in [6.45, 7) is 3.32. The van der Waals surface area contributed by atoms with Gasteiger partial charge in [0, 0.05) is 56.2 Å². The van der Waals surface area contributed by atoms with Crippen molar-refractivity contribution in [2.45, 2.75) is 35.8 Å². The van der Waals surface area contributed by atoms with Crippen LogP contribution >= 0.6 is 34.7 Å². The predicted octanol–water partition coefficient (Wildman–Crippen LogP) is 3.96. The number of nitrogens with one attached hydrogen (secondary N) is 2. The average molecular weight is 508 g/mol. The molecule has 8 nitrogen and oxygen atoms in total. The number of anilines is 2. The highest BCUT2D eigenvalue weighted by Gasteiger charge is 2.49. The van der Waals surface area contributed by atoms with Gasteiger partial charge < -0.3 is 10.2 Å². The van der Waals surface area contributed by atoms with Crippen molar-refractivity contribution in [2.24, 2.45) is 0 Å². The van der Waals surface area contributed by atoms with Crippen LogP contribution in [0, 0.1) is 0 Å².